The van der Waals surface area contributed by atoms with Crippen molar-refractivity contribution in [2.45, 2.75) is 19.3 Å². The van der Waals surface area contributed by atoms with Crippen molar-refractivity contribution in [2.75, 3.05) is 4.90 Å². The molecule has 4 aromatic heterocycles. The second kappa shape index (κ2) is 10.5. The first-order valence-corrected chi connectivity index (χ1v) is 15.7. The van der Waals surface area contributed by atoms with Crippen molar-refractivity contribution in [3.8, 4) is 11.5 Å². The number of nitrogens with zero attached hydrogens (tertiary/aromatic N) is 4. The van der Waals surface area contributed by atoms with Crippen LogP contribution in [0.1, 0.15) is 25.0 Å². The van der Waals surface area contributed by atoms with Crippen molar-refractivity contribution in [3.63, 3.8) is 0 Å². The number of aromatic nitrogens is 3. The van der Waals surface area contributed by atoms with Crippen LogP contribution in [0.5, 0.6) is 11.5 Å². The van der Waals surface area contributed by atoms with Gasteiger partial charge in [0.2, 0.25) is 0 Å². The standard InChI is InChI=1S/C41H26N4O2.Pd/c1-41(2)33-13-8-18-42-40(33)45(36-24-38-31(23-34(36)41)30-12-4-6-15-37(30)47-38)25-9-7-10-26(21-25)46-27-16-17-28-29-11-3-5-14-35(29)44-20-19-43-39(44)32(28)22-27;/h3-20,23-24H,1-2H3;/q-2;+2. The molecule has 48 heavy (non-hydrogen) atoms. The number of fused-ring (bicyclic) bond motifs is 11. The van der Waals surface area contributed by atoms with Gasteiger partial charge in [0.05, 0.1) is 11.3 Å². The van der Waals surface area contributed by atoms with Crippen LogP contribution in [-0.2, 0) is 25.8 Å². The van der Waals surface area contributed by atoms with Gasteiger partial charge in [0.15, 0.2) is 0 Å². The van der Waals surface area contributed by atoms with Crippen molar-refractivity contribution >= 4 is 66.5 Å². The Balaban J connectivity index is 0.00000314. The summed E-state index contributed by atoms with van der Waals surface area (Å²) in [6.45, 7) is 4.52. The second-order valence-electron chi connectivity index (χ2n) is 12.6. The monoisotopic (exact) mass is 712 g/mol. The molecule has 1 aliphatic rings. The molecule has 0 amide bonds. The number of anilines is 3. The predicted molar refractivity (Wildman–Crippen MR) is 186 cm³/mol. The van der Waals surface area contributed by atoms with E-state index in [-0.39, 0.29) is 25.8 Å². The number of hydrogen-bond donors (Lipinski definition) is 0. The summed E-state index contributed by atoms with van der Waals surface area (Å²) in [5.41, 5.74) is 7.51. The summed E-state index contributed by atoms with van der Waals surface area (Å²) in [4.78, 5) is 11.7. The maximum absolute atomic E-state index is 6.47. The summed E-state index contributed by atoms with van der Waals surface area (Å²) >= 11 is 0. The minimum atomic E-state index is -0.293. The first-order valence-electron chi connectivity index (χ1n) is 15.7. The molecule has 232 valence electrons. The van der Waals surface area contributed by atoms with E-state index in [0.717, 1.165) is 72.0 Å². The van der Waals surface area contributed by atoms with Crippen molar-refractivity contribution in [1.29, 1.82) is 0 Å². The van der Waals surface area contributed by atoms with E-state index in [1.54, 1.807) is 0 Å². The van der Waals surface area contributed by atoms with Gasteiger partial charge in [-0.2, -0.15) is 6.07 Å². The first kappa shape index (κ1) is 28.7. The van der Waals surface area contributed by atoms with Gasteiger partial charge in [0.1, 0.15) is 17.0 Å². The molecule has 0 aliphatic carbocycles. The number of pyridine rings is 2. The van der Waals surface area contributed by atoms with Crippen LogP contribution in [-0.4, -0.2) is 14.4 Å². The third-order valence-electron chi connectivity index (χ3n) is 9.53. The van der Waals surface area contributed by atoms with Crippen LogP contribution in [0.2, 0.25) is 0 Å². The molecule has 0 radical (unpaired) electrons. The Morgan fingerprint density at radius 2 is 1.52 bits per heavy atom. The molecule has 0 N–H and O–H groups in total. The summed E-state index contributed by atoms with van der Waals surface area (Å²) in [5, 5.41) is 5.34. The van der Waals surface area contributed by atoms with Crippen LogP contribution >= 0.6 is 0 Å². The van der Waals surface area contributed by atoms with Crippen LogP contribution in [0, 0.1) is 12.1 Å². The maximum Gasteiger partial charge on any atom is 2.00 e. The van der Waals surface area contributed by atoms with Gasteiger partial charge >= 0.3 is 20.4 Å². The Morgan fingerprint density at radius 3 is 2.44 bits per heavy atom. The number of rotatable bonds is 3. The van der Waals surface area contributed by atoms with Crippen molar-refractivity contribution < 1.29 is 29.6 Å². The van der Waals surface area contributed by atoms with E-state index in [1.165, 1.54) is 5.56 Å². The molecule has 0 spiro atoms. The SMILES string of the molecule is CC1(C)c2cc3c(cc2N(c2[c-]c(Oc4[c-]c5c(cc4)c4ccccc4n4ccnc54)ccc2)c2ncccc21)oc1ccccc13.[Pd+2]. The maximum atomic E-state index is 6.47. The molecule has 7 heteroatoms. The van der Waals surface area contributed by atoms with Crippen LogP contribution in [0.4, 0.5) is 17.2 Å². The summed E-state index contributed by atoms with van der Waals surface area (Å²) in [7, 11) is 0. The minimum Gasteiger partial charge on any atom is -0.503 e. The van der Waals surface area contributed by atoms with E-state index in [4.69, 9.17) is 14.1 Å². The topological polar surface area (TPSA) is 55.8 Å². The van der Waals surface area contributed by atoms with E-state index in [1.807, 2.05) is 67.1 Å². The molecule has 9 aromatic rings. The van der Waals surface area contributed by atoms with Gasteiger partial charge < -0.3 is 18.5 Å². The van der Waals surface area contributed by atoms with E-state index < -0.39 is 0 Å². The number of para-hydroxylation sites is 2. The molecule has 0 saturated heterocycles. The van der Waals surface area contributed by atoms with Gasteiger partial charge in [-0.05, 0) is 35.2 Å². The van der Waals surface area contributed by atoms with Crippen LogP contribution in [0.15, 0.2) is 126 Å². The fraction of sp³-hybridized carbons (Fsp3) is 0.0732. The van der Waals surface area contributed by atoms with E-state index in [0.29, 0.717) is 11.5 Å². The largest absolute Gasteiger partial charge is 2.00 e. The van der Waals surface area contributed by atoms with Crippen LogP contribution in [0.3, 0.4) is 0 Å². The normalized spacial score (nSPS) is 13.6. The number of imidazole rings is 1. The van der Waals surface area contributed by atoms with Gasteiger partial charge in [0.25, 0.3) is 0 Å². The Bertz CT molecular complexity index is 2730. The van der Waals surface area contributed by atoms with E-state index in [2.05, 4.69) is 94.9 Å². The Kier molecular flexibility index (Phi) is 6.29. The summed E-state index contributed by atoms with van der Waals surface area (Å²) in [6.07, 6.45) is 5.65. The zero-order chi connectivity index (χ0) is 31.3. The molecule has 0 saturated carbocycles. The molecule has 0 fully saturated rings. The van der Waals surface area contributed by atoms with Gasteiger partial charge in [-0.1, -0.05) is 78.8 Å². The smallest absolute Gasteiger partial charge is 0.503 e. The first-order chi connectivity index (χ1) is 23.0. The van der Waals surface area contributed by atoms with E-state index >= 15 is 0 Å². The second-order valence-corrected chi connectivity index (χ2v) is 12.6. The predicted octanol–water partition coefficient (Wildman–Crippen LogP) is 10.4. The van der Waals surface area contributed by atoms with E-state index in [9.17, 15) is 0 Å². The molecule has 10 rings (SSSR count). The molecule has 1 aliphatic heterocycles. The molecule has 5 aromatic carbocycles. The number of hydrogen-bond acceptors (Lipinski definition) is 5. The molecular weight excluding hydrogens is 687 g/mol. The molecule has 0 bridgehead atoms. The Morgan fingerprint density at radius 1 is 0.688 bits per heavy atom. The molecule has 6 nitrogen and oxygen atoms in total. The van der Waals surface area contributed by atoms with Crippen molar-refractivity contribution in [1.82, 2.24) is 14.4 Å². The number of benzene rings is 5. The molecule has 5 heterocycles. The zero-order valence-electron chi connectivity index (χ0n) is 26.0. The average Bonchev–Trinajstić information content (AvgIpc) is 3.74. The van der Waals surface area contributed by atoms with Gasteiger partial charge in [0, 0.05) is 63.4 Å². The van der Waals surface area contributed by atoms with Crippen molar-refractivity contribution in [3.05, 3.63) is 145 Å². The quantitative estimate of drug-likeness (QED) is 0.104. The third-order valence-corrected chi connectivity index (χ3v) is 9.53. The Hall–Kier alpha value is -5.48. The summed E-state index contributed by atoms with van der Waals surface area (Å²) in [5.74, 6) is 2.03. The van der Waals surface area contributed by atoms with Crippen LogP contribution in [0.25, 0.3) is 49.3 Å². The minimum absolute atomic E-state index is 0. The Labute approximate surface area is 289 Å². The van der Waals surface area contributed by atoms with Gasteiger partial charge in [-0.15, -0.1) is 30.3 Å². The molecule has 0 atom stereocenters. The zero-order valence-corrected chi connectivity index (χ0v) is 27.5. The fourth-order valence-corrected chi connectivity index (χ4v) is 7.29. The third kappa shape index (κ3) is 4.08. The fourth-order valence-electron chi connectivity index (χ4n) is 7.29. The van der Waals surface area contributed by atoms with Gasteiger partial charge in [-0.3, -0.25) is 4.98 Å². The number of ether oxygens (including phenoxy) is 1. The van der Waals surface area contributed by atoms with Gasteiger partial charge in [-0.25, -0.2) is 4.98 Å². The molecular formula is C41H26N4O2Pd. The molecule has 0 unspecified atom stereocenters. The van der Waals surface area contributed by atoms with Crippen LogP contribution < -0.4 is 9.64 Å². The number of furan rings is 1. The average molecular weight is 713 g/mol. The summed E-state index contributed by atoms with van der Waals surface area (Å²) in [6, 6.07) is 42.2. The summed E-state index contributed by atoms with van der Waals surface area (Å²) < 4.78 is 14.9. The van der Waals surface area contributed by atoms with Crippen molar-refractivity contribution in [2.24, 2.45) is 0 Å².